The Morgan fingerprint density at radius 3 is 2.46 bits per heavy atom. The molecule has 0 saturated heterocycles. The first-order chi connectivity index (χ1) is 12.3. The lowest BCUT2D eigenvalue weighted by Gasteiger charge is -2.10. The zero-order valence-electron chi connectivity index (χ0n) is 14.5. The first kappa shape index (κ1) is 20.4. The molecular weight excluding hydrogens is 420 g/mol. The van der Waals surface area contributed by atoms with Crippen molar-refractivity contribution in [3.63, 3.8) is 0 Å². The molecule has 0 bridgehead atoms. The molecule has 0 atom stereocenters. The molecule has 0 aliphatic carbocycles. The van der Waals surface area contributed by atoms with Crippen LogP contribution in [0.15, 0.2) is 57.9 Å². The van der Waals surface area contributed by atoms with Gasteiger partial charge in [0, 0.05) is 16.7 Å². The molecule has 0 spiro atoms. The lowest BCUT2D eigenvalue weighted by molar-refractivity contribution is -0.118. The van der Waals surface area contributed by atoms with Gasteiger partial charge in [0.2, 0.25) is 10.0 Å². The smallest absolute Gasteiger partial charge is 0.262 e. The Balaban J connectivity index is 1.90. The maximum absolute atomic E-state index is 12.1. The second-order valence-corrected chi connectivity index (χ2v) is 8.75. The van der Waals surface area contributed by atoms with Gasteiger partial charge in [-0.2, -0.15) is 0 Å². The molecule has 0 aromatic heterocycles. The van der Waals surface area contributed by atoms with E-state index in [1.807, 2.05) is 26.0 Å². The van der Waals surface area contributed by atoms with Crippen molar-refractivity contribution in [1.29, 1.82) is 0 Å². The summed E-state index contributed by atoms with van der Waals surface area (Å²) in [5, 5.41) is 2.72. The minimum atomic E-state index is -3.54. The van der Waals surface area contributed by atoms with Crippen LogP contribution in [-0.4, -0.2) is 27.5 Å². The van der Waals surface area contributed by atoms with E-state index in [0.29, 0.717) is 18.0 Å². The molecule has 2 N–H and O–H groups in total. The molecule has 140 valence electrons. The van der Waals surface area contributed by atoms with E-state index in [4.69, 9.17) is 4.74 Å². The normalized spacial score (nSPS) is 11.4. The molecule has 26 heavy (non-hydrogen) atoms. The minimum absolute atomic E-state index is 0.157. The van der Waals surface area contributed by atoms with E-state index in [1.54, 1.807) is 12.1 Å². The average molecular weight is 441 g/mol. The lowest BCUT2D eigenvalue weighted by atomic mass is 10.2. The third-order valence-corrected chi connectivity index (χ3v) is 5.23. The molecule has 2 rings (SSSR count). The zero-order valence-corrected chi connectivity index (χ0v) is 16.9. The molecule has 2 aromatic carbocycles. The highest BCUT2D eigenvalue weighted by Crippen LogP contribution is 2.17. The number of carbonyl (C=O) groups excluding carboxylic acids is 1. The monoisotopic (exact) mass is 440 g/mol. The van der Waals surface area contributed by atoms with Crippen molar-refractivity contribution in [3.05, 3.63) is 53.0 Å². The quantitative estimate of drug-likeness (QED) is 0.658. The van der Waals surface area contributed by atoms with Gasteiger partial charge in [0.15, 0.2) is 6.61 Å². The van der Waals surface area contributed by atoms with Crippen LogP contribution in [0.1, 0.15) is 13.8 Å². The van der Waals surface area contributed by atoms with Gasteiger partial charge in [0.05, 0.1) is 4.90 Å². The fourth-order valence-electron chi connectivity index (χ4n) is 1.99. The fraction of sp³-hybridized carbons (Fsp3) is 0.278. The van der Waals surface area contributed by atoms with E-state index in [9.17, 15) is 13.2 Å². The van der Waals surface area contributed by atoms with Gasteiger partial charge < -0.3 is 10.1 Å². The summed E-state index contributed by atoms with van der Waals surface area (Å²) in [7, 11) is -3.54. The number of rotatable bonds is 8. The van der Waals surface area contributed by atoms with Crippen LogP contribution in [0.4, 0.5) is 5.69 Å². The summed E-state index contributed by atoms with van der Waals surface area (Å²) in [5.41, 5.74) is 0.658. The molecule has 0 aliphatic rings. The van der Waals surface area contributed by atoms with Crippen molar-refractivity contribution in [2.45, 2.75) is 18.7 Å². The summed E-state index contributed by atoms with van der Waals surface area (Å²) in [6.07, 6.45) is 0. The van der Waals surface area contributed by atoms with Crippen LogP contribution in [0.5, 0.6) is 5.75 Å². The van der Waals surface area contributed by atoms with Gasteiger partial charge in [-0.25, -0.2) is 13.1 Å². The van der Waals surface area contributed by atoms with E-state index in [1.165, 1.54) is 24.3 Å². The maximum Gasteiger partial charge on any atom is 0.262 e. The first-order valence-corrected chi connectivity index (χ1v) is 10.3. The Labute approximate surface area is 162 Å². The van der Waals surface area contributed by atoms with E-state index >= 15 is 0 Å². The van der Waals surface area contributed by atoms with E-state index in [0.717, 1.165) is 4.47 Å². The second kappa shape index (κ2) is 9.16. The summed E-state index contributed by atoms with van der Waals surface area (Å²) in [4.78, 5) is 12.1. The molecule has 0 radical (unpaired) electrons. The van der Waals surface area contributed by atoms with Crippen LogP contribution < -0.4 is 14.8 Å². The van der Waals surface area contributed by atoms with Crippen molar-refractivity contribution in [1.82, 2.24) is 4.72 Å². The number of nitrogens with one attached hydrogen (secondary N) is 2. The molecule has 0 fully saturated rings. The molecule has 1 amide bonds. The van der Waals surface area contributed by atoms with Gasteiger partial charge in [-0.15, -0.1) is 0 Å². The number of hydrogen-bond acceptors (Lipinski definition) is 4. The predicted molar refractivity (Wildman–Crippen MR) is 105 cm³/mol. The second-order valence-electron chi connectivity index (χ2n) is 6.06. The molecular formula is C18H21BrN2O4S. The molecule has 2 aromatic rings. The van der Waals surface area contributed by atoms with Crippen molar-refractivity contribution in [2.24, 2.45) is 5.92 Å². The van der Waals surface area contributed by atoms with Gasteiger partial charge in [0.1, 0.15) is 5.75 Å². The van der Waals surface area contributed by atoms with Crippen LogP contribution in [0.25, 0.3) is 0 Å². The van der Waals surface area contributed by atoms with Crippen molar-refractivity contribution in [2.75, 3.05) is 18.5 Å². The zero-order chi connectivity index (χ0) is 19.2. The van der Waals surface area contributed by atoms with Gasteiger partial charge in [-0.3, -0.25) is 4.79 Å². The van der Waals surface area contributed by atoms with Crippen LogP contribution >= 0.6 is 15.9 Å². The van der Waals surface area contributed by atoms with Gasteiger partial charge >= 0.3 is 0 Å². The van der Waals surface area contributed by atoms with Gasteiger partial charge in [-0.1, -0.05) is 35.8 Å². The third-order valence-electron chi connectivity index (χ3n) is 3.29. The highest BCUT2D eigenvalue weighted by molar-refractivity contribution is 9.10. The van der Waals surface area contributed by atoms with Crippen LogP contribution in [0.2, 0.25) is 0 Å². The number of benzene rings is 2. The van der Waals surface area contributed by atoms with Crippen molar-refractivity contribution in [3.8, 4) is 5.75 Å². The number of sulfonamides is 1. The first-order valence-electron chi connectivity index (χ1n) is 8.04. The average Bonchev–Trinajstić information content (AvgIpc) is 2.59. The van der Waals surface area contributed by atoms with Crippen molar-refractivity contribution >= 4 is 37.5 Å². The molecule has 6 nitrogen and oxygen atoms in total. The largest absolute Gasteiger partial charge is 0.484 e. The van der Waals surface area contributed by atoms with Gasteiger partial charge in [0.25, 0.3) is 5.91 Å². The Morgan fingerprint density at radius 1 is 1.15 bits per heavy atom. The van der Waals surface area contributed by atoms with E-state index in [-0.39, 0.29) is 23.3 Å². The molecule has 0 unspecified atom stereocenters. The van der Waals surface area contributed by atoms with Crippen LogP contribution in [0, 0.1) is 5.92 Å². The number of carbonyl (C=O) groups is 1. The third kappa shape index (κ3) is 6.44. The highest BCUT2D eigenvalue weighted by Gasteiger charge is 2.14. The Kier molecular flexibility index (Phi) is 7.19. The summed E-state index contributed by atoms with van der Waals surface area (Å²) < 4.78 is 33.0. The van der Waals surface area contributed by atoms with E-state index in [2.05, 4.69) is 26.0 Å². The molecule has 0 heterocycles. The Bertz CT molecular complexity index is 852. The number of anilines is 1. The summed E-state index contributed by atoms with van der Waals surface area (Å²) in [6.45, 7) is 4.05. The predicted octanol–water partition coefficient (Wildman–Crippen LogP) is 3.40. The van der Waals surface area contributed by atoms with Crippen molar-refractivity contribution < 1.29 is 17.9 Å². The topological polar surface area (TPSA) is 84.5 Å². The number of amides is 1. The van der Waals surface area contributed by atoms with Gasteiger partial charge in [-0.05, 0) is 48.4 Å². The maximum atomic E-state index is 12.1. The number of halogens is 1. The molecule has 8 heteroatoms. The Morgan fingerprint density at radius 2 is 1.85 bits per heavy atom. The summed E-state index contributed by atoms with van der Waals surface area (Å²) in [5.74, 6) is 0.326. The molecule has 0 aliphatic heterocycles. The van der Waals surface area contributed by atoms with Crippen LogP contribution in [-0.2, 0) is 14.8 Å². The van der Waals surface area contributed by atoms with Crippen LogP contribution in [0.3, 0.4) is 0 Å². The number of ether oxygens (including phenoxy) is 1. The highest BCUT2D eigenvalue weighted by atomic mass is 79.9. The molecule has 0 saturated carbocycles. The Hall–Kier alpha value is -1.90. The fourth-order valence-corrected chi connectivity index (χ4v) is 3.60. The minimum Gasteiger partial charge on any atom is -0.484 e. The SMILES string of the molecule is CC(C)CNS(=O)(=O)c1ccc(OCC(=O)Nc2cccc(Br)c2)cc1. The standard InChI is InChI=1S/C18H21BrN2O4S/c1-13(2)11-20-26(23,24)17-8-6-16(7-9-17)25-12-18(22)21-15-5-3-4-14(19)10-15/h3-10,13,20H,11-12H2,1-2H3,(H,21,22). The lowest BCUT2D eigenvalue weighted by Crippen LogP contribution is -2.27. The van der Waals surface area contributed by atoms with E-state index < -0.39 is 10.0 Å². The summed E-state index contributed by atoms with van der Waals surface area (Å²) >= 11 is 3.33. The number of hydrogen-bond donors (Lipinski definition) is 2. The summed E-state index contributed by atoms with van der Waals surface area (Å²) in [6, 6.07) is 13.2.